The molecule has 1 fully saturated rings. The van der Waals surface area contributed by atoms with Gasteiger partial charge in [0.25, 0.3) is 0 Å². The van der Waals surface area contributed by atoms with E-state index >= 15 is 0 Å². The van der Waals surface area contributed by atoms with Crippen LogP contribution in [-0.4, -0.2) is 22.5 Å². The Morgan fingerprint density at radius 1 is 1.50 bits per heavy atom. The number of likely N-dealkylation sites (tertiary alicyclic amines) is 1. The van der Waals surface area contributed by atoms with E-state index in [0.717, 1.165) is 19.0 Å². The van der Waals surface area contributed by atoms with Gasteiger partial charge < -0.3 is 0 Å². The highest BCUT2D eigenvalue weighted by atomic mass is 32.1. The van der Waals surface area contributed by atoms with Crippen LogP contribution >= 0.6 is 11.3 Å². The van der Waals surface area contributed by atoms with Gasteiger partial charge >= 0.3 is 0 Å². The van der Waals surface area contributed by atoms with Crippen LogP contribution in [0.1, 0.15) is 50.2 Å². The van der Waals surface area contributed by atoms with E-state index in [1.807, 2.05) is 11.3 Å². The van der Waals surface area contributed by atoms with Crippen LogP contribution < -0.4 is 0 Å². The van der Waals surface area contributed by atoms with Crippen molar-refractivity contribution in [2.45, 2.75) is 58.5 Å². The molecule has 2 nitrogen and oxygen atoms in total. The Labute approximate surface area is 103 Å². The molecule has 0 amide bonds. The number of piperidine rings is 1. The molecule has 2 rings (SSSR count). The van der Waals surface area contributed by atoms with Crippen LogP contribution in [0.25, 0.3) is 0 Å². The second-order valence-electron chi connectivity index (χ2n) is 4.80. The lowest BCUT2D eigenvalue weighted by Gasteiger charge is -2.32. The summed E-state index contributed by atoms with van der Waals surface area (Å²) in [6.07, 6.45) is 6.45. The van der Waals surface area contributed by atoms with Crippen molar-refractivity contribution in [2.75, 3.05) is 6.54 Å². The highest BCUT2D eigenvalue weighted by Gasteiger charge is 2.18. The highest BCUT2D eigenvalue weighted by Crippen LogP contribution is 2.20. The molecule has 1 aliphatic heterocycles. The van der Waals surface area contributed by atoms with Gasteiger partial charge in [-0.25, -0.2) is 4.98 Å². The van der Waals surface area contributed by atoms with Crippen LogP contribution in [0.4, 0.5) is 0 Å². The Bertz CT molecular complexity index is 321. The molecule has 0 radical (unpaired) electrons. The first-order chi connectivity index (χ1) is 7.79. The molecular formula is C13H22N2S. The quantitative estimate of drug-likeness (QED) is 0.798. The Balaban J connectivity index is 1.91. The number of hydrogen-bond donors (Lipinski definition) is 0. The Morgan fingerprint density at radius 2 is 2.38 bits per heavy atom. The average Bonchev–Trinajstić information content (AvgIpc) is 2.70. The summed E-state index contributed by atoms with van der Waals surface area (Å²) in [5, 5.41) is 3.55. The van der Waals surface area contributed by atoms with Gasteiger partial charge in [-0.3, -0.25) is 4.90 Å². The Morgan fingerprint density at radius 3 is 3.12 bits per heavy atom. The maximum Gasteiger partial charge on any atom is 0.0928 e. The minimum absolute atomic E-state index is 0.741. The molecule has 1 aromatic rings. The van der Waals surface area contributed by atoms with E-state index in [4.69, 9.17) is 4.98 Å². The smallest absolute Gasteiger partial charge is 0.0928 e. The topological polar surface area (TPSA) is 16.1 Å². The van der Waals surface area contributed by atoms with E-state index in [-0.39, 0.29) is 0 Å². The number of aryl methyl sites for hydroxylation is 1. The summed E-state index contributed by atoms with van der Waals surface area (Å²) >= 11 is 1.83. The first-order valence-corrected chi connectivity index (χ1v) is 7.35. The molecule has 0 bridgehead atoms. The van der Waals surface area contributed by atoms with E-state index in [1.165, 1.54) is 42.9 Å². The van der Waals surface area contributed by atoms with Crippen molar-refractivity contribution in [1.82, 2.24) is 9.88 Å². The van der Waals surface area contributed by atoms with Gasteiger partial charge in [-0.15, -0.1) is 11.3 Å². The standard InChI is InChI=1S/C13H22N2S/c1-3-6-13-14-12(10-16-13)9-15-8-5-4-7-11(15)2/h10-11H,3-9H2,1-2H3/t11-/m1/s1. The van der Waals surface area contributed by atoms with Crippen LogP contribution in [0.15, 0.2) is 5.38 Å². The third-order valence-corrected chi connectivity index (χ3v) is 4.33. The summed E-state index contributed by atoms with van der Waals surface area (Å²) in [7, 11) is 0. The van der Waals surface area contributed by atoms with Crippen LogP contribution in [0.2, 0.25) is 0 Å². The Hall–Kier alpha value is -0.410. The van der Waals surface area contributed by atoms with E-state index in [0.29, 0.717) is 0 Å². The number of nitrogens with zero attached hydrogens (tertiary/aromatic N) is 2. The summed E-state index contributed by atoms with van der Waals surface area (Å²) in [4.78, 5) is 7.28. The molecule has 1 saturated heterocycles. The molecule has 1 atom stereocenters. The van der Waals surface area contributed by atoms with Crippen LogP contribution in [0.3, 0.4) is 0 Å². The van der Waals surface area contributed by atoms with Crippen molar-refractivity contribution >= 4 is 11.3 Å². The lowest BCUT2D eigenvalue weighted by atomic mass is 10.0. The van der Waals surface area contributed by atoms with Crippen molar-refractivity contribution in [3.8, 4) is 0 Å². The molecule has 1 aromatic heterocycles. The molecular weight excluding hydrogens is 216 g/mol. The van der Waals surface area contributed by atoms with E-state index in [9.17, 15) is 0 Å². The lowest BCUT2D eigenvalue weighted by molar-refractivity contribution is 0.151. The van der Waals surface area contributed by atoms with Gasteiger partial charge in [0, 0.05) is 18.0 Å². The molecule has 0 N–H and O–H groups in total. The minimum atomic E-state index is 0.741. The molecule has 2 heterocycles. The minimum Gasteiger partial charge on any atom is -0.295 e. The maximum atomic E-state index is 4.71. The predicted molar refractivity (Wildman–Crippen MR) is 69.8 cm³/mol. The first kappa shape index (κ1) is 12.1. The van der Waals surface area contributed by atoms with Crippen LogP contribution in [-0.2, 0) is 13.0 Å². The van der Waals surface area contributed by atoms with Gasteiger partial charge in [0.15, 0.2) is 0 Å². The van der Waals surface area contributed by atoms with Crippen LogP contribution in [0, 0.1) is 0 Å². The van der Waals surface area contributed by atoms with Gasteiger partial charge in [0.1, 0.15) is 0 Å². The van der Waals surface area contributed by atoms with Crippen molar-refractivity contribution in [3.05, 3.63) is 16.1 Å². The summed E-state index contributed by atoms with van der Waals surface area (Å²) in [6, 6.07) is 0.741. The zero-order chi connectivity index (χ0) is 11.4. The maximum absolute atomic E-state index is 4.71. The molecule has 0 aliphatic carbocycles. The number of aromatic nitrogens is 1. The lowest BCUT2D eigenvalue weighted by Crippen LogP contribution is -2.36. The number of thiazole rings is 1. The first-order valence-electron chi connectivity index (χ1n) is 6.47. The summed E-state index contributed by atoms with van der Waals surface area (Å²) in [5.41, 5.74) is 1.28. The highest BCUT2D eigenvalue weighted by molar-refractivity contribution is 7.09. The van der Waals surface area contributed by atoms with Crippen molar-refractivity contribution in [1.29, 1.82) is 0 Å². The summed E-state index contributed by atoms with van der Waals surface area (Å²) in [5.74, 6) is 0. The van der Waals surface area contributed by atoms with Gasteiger partial charge in [0.05, 0.1) is 10.7 Å². The Kier molecular flexibility index (Phi) is 4.36. The largest absolute Gasteiger partial charge is 0.295 e. The molecule has 0 unspecified atom stereocenters. The zero-order valence-corrected chi connectivity index (χ0v) is 11.2. The van der Waals surface area contributed by atoms with E-state index < -0.39 is 0 Å². The zero-order valence-electron chi connectivity index (χ0n) is 10.4. The number of hydrogen-bond acceptors (Lipinski definition) is 3. The average molecular weight is 238 g/mol. The molecule has 3 heteroatoms. The summed E-state index contributed by atoms with van der Waals surface area (Å²) in [6.45, 7) is 6.87. The molecule has 90 valence electrons. The van der Waals surface area contributed by atoms with Gasteiger partial charge in [-0.1, -0.05) is 13.3 Å². The molecule has 16 heavy (non-hydrogen) atoms. The van der Waals surface area contributed by atoms with E-state index in [1.54, 1.807) is 0 Å². The van der Waals surface area contributed by atoms with Crippen molar-refractivity contribution in [2.24, 2.45) is 0 Å². The second kappa shape index (κ2) is 5.78. The van der Waals surface area contributed by atoms with Gasteiger partial charge in [-0.05, 0) is 39.2 Å². The molecule has 1 aliphatic rings. The SMILES string of the molecule is CCCc1nc(CN2CCCC[C@H]2C)cs1. The predicted octanol–water partition coefficient (Wildman–Crippen LogP) is 3.47. The van der Waals surface area contributed by atoms with Crippen molar-refractivity contribution in [3.63, 3.8) is 0 Å². The van der Waals surface area contributed by atoms with Gasteiger partial charge in [-0.2, -0.15) is 0 Å². The monoisotopic (exact) mass is 238 g/mol. The third kappa shape index (κ3) is 3.05. The molecule has 0 saturated carbocycles. The fourth-order valence-corrected chi connectivity index (χ4v) is 3.24. The molecule has 0 aromatic carbocycles. The van der Waals surface area contributed by atoms with Crippen molar-refractivity contribution < 1.29 is 0 Å². The number of rotatable bonds is 4. The van der Waals surface area contributed by atoms with Gasteiger partial charge in [0.2, 0.25) is 0 Å². The molecule has 0 spiro atoms. The normalized spacial score (nSPS) is 22.5. The fraction of sp³-hybridized carbons (Fsp3) is 0.769. The third-order valence-electron chi connectivity index (χ3n) is 3.37. The van der Waals surface area contributed by atoms with E-state index in [2.05, 4.69) is 24.1 Å². The fourth-order valence-electron chi connectivity index (χ4n) is 2.35. The summed E-state index contributed by atoms with van der Waals surface area (Å²) < 4.78 is 0. The van der Waals surface area contributed by atoms with Crippen LogP contribution in [0.5, 0.6) is 0 Å². The second-order valence-corrected chi connectivity index (χ2v) is 5.74.